The van der Waals surface area contributed by atoms with Gasteiger partial charge in [0.25, 0.3) is 0 Å². The van der Waals surface area contributed by atoms with Crippen LogP contribution in [0, 0.1) is 0 Å². The van der Waals surface area contributed by atoms with E-state index in [0.29, 0.717) is 23.7 Å². The zero-order valence-electron chi connectivity index (χ0n) is 13.7. The molecule has 2 heterocycles. The number of carbonyl (C=O) groups is 4. The molecule has 25 heavy (non-hydrogen) atoms. The van der Waals surface area contributed by atoms with Crippen LogP contribution in [-0.4, -0.2) is 58.1 Å². The molecule has 2 fully saturated rings. The summed E-state index contributed by atoms with van der Waals surface area (Å²) in [6.07, 6.45) is 3.29. The van der Waals surface area contributed by atoms with Gasteiger partial charge in [-0.2, -0.15) is 0 Å². The summed E-state index contributed by atoms with van der Waals surface area (Å²) in [5, 5.41) is 0. The molecule has 3 rings (SSSR count). The largest absolute Gasteiger partial charge is 0.339 e. The first-order valence-electron chi connectivity index (χ1n) is 8.05. The van der Waals surface area contributed by atoms with Gasteiger partial charge in [-0.1, -0.05) is 24.4 Å². The molecule has 0 N–H and O–H groups in total. The normalized spacial score (nSPS) is 18.6. The lowest BCUT2D eigenvalue weighted by molar-refractivity contribution is -0.145. The smallest absolute Gasteiger partial charge is 0.334 e. The Bertz CT molecular complexity index is 729. The SMILES string of the molecule is CN(Cc1ccc(Cl)s1)C(=O)CN1C(=O)C(=O)N(C2CCCC2)C1=O. The van der Waals surface area contributed by atoms with Crippen LogP contribution in [0.3, 0.4) is 0 Å². The van der Waals surface area contributed by atoms with Crippen LogP contribution in [0.5, 0.6) is 0 Å². The van der Waals surface area contributed by atoms with Crippen LogP contribution in [0.15, 0.2) is 12.1 Å². The summed E-state index contributed by atoms with van der Waals surface area (Å²) < 4.78 is 0.624. The minimum absolute atomic E-state index is 0.227. The molecule has 1 aliphatic heterocycles. The molecular formula is C16H18ClN3O4S. The lowest BCUT2D eigenvalue weighted by Crippen LogP contribution is -2.43. The highest BCUT2D eigenvalue weighted by atomic mass is 35.5. The highest BCUT2D eigenvalue weighted by molar-refractivity contribution is 7.16. The second-order valence-electron chi connectivity index (χ2n) is 6.24. The van der Waals surface area contributed by atoms with Crippen molar-refractivity contribution in [3.63, 3.8) is 0 Å². The summed E-state index contributed by atoms with van der Waals surface area (Å²) in [4.78, 5) is 53.2. The maximum absolute atomic E-state index is 12.5. The zero-order valence-corrected chi connectivity index (χ0v) is 15.3. The molecule has 7 nitrogen and oxygen atoms in total. The molecule has 0 spiro atoms. The van der Waals surface area contributed by atoms with Crippen molar-refractivity contribution in [2.24, 2.45) is 0 Å². The van der Waals surface area contributed by atoms with E-state index in [9.17, 15) is 19.2 Å². The maximum atomic E-state index is 12.5. The van der Waals surface area contributed by atoms with Crippen molar-refractivity contribution in [1.29, 1.82) is 0 Å². The Hall–Kier alpha value is -1.93. The summed E-state index contributed by atoms with van der Waals surface area (Å²) >= 11 is 7.22. The number of amides is 5. The summed E-state index contributed by atoms with van der Waals surface area (Å²) in [5.74, 6) is -2.15. The zero-order chi connectivity index (χ0) is 18.1. The molecule has 2 aliphatic rings. The molecule has 1 aromatic rings. The summed E-state index contributed by atoms with van der Waals surface area (Å²) in [7, 11) is 1.58. The van der Waals surface area contributed by atoms with Gasteiger partial charge in [0.1, 0.15) is 6.54 Å². The average Bonchev–Trinajstić information content (AvgIpc) is 3.27. The van der Waals surface area contributed by atoms with E-state index in [-0.39, 0.29) is 6.04 Å². The Balaban J connectivity index is 1.64. The maximum Gasteiger partial charge on any atom is 0.334 e. The number of likely N-dealkylation sites (N-methyl/N-ethyl adjacent to an activating group) is 1. The molecule has 1 saturated carbocycles. The Morgan fingerprint density at radius 2 is 1.92 bits per heavy atom. The van der Waals surface area contributed by atoms with Crippen molar-refractivity contribution in [3.8, 4) is 0 Å². The van der Waals surface area contributed by atoms with Crippen molar-refractivity contribution in [2.75, 3.05) is 13.6 Å². The van der Waals surface area contributed by atoms with E-state index in [1.807, 2.05) is 6.07 Å². The first kappa shape index (κ1) is 17.9. The Labute approximate surface area is 154 Å². The van der Waals surface area contributed by atoms with E-state index < -0.39 is 30.3 Å². The fourth-order valence-electron chi connectivity index (χ4n) is 3.16. The molecule has 0 unspecified atom stereocenters. The van der Waals surface area contributed by atoms with E-state index in [2.05, 4.69) is 0 Å². The molecular weight excluding hydrogens is 366 g/mol. The second kappa shape index (κ2) is 7.13. The molecule has 9 heteroatoms. The van der Waals surface area contributed by atoms with Gasteiger partial charge in [0.2, 0.25) is 5.91 Å². The molecule has 0 atom stereocenters. The van der Waals surface area contributed by atoms with Gasteiger partial charge in [0.15, 0.2) is 0 Å². The molecule has 0 aromatic carbocycles. The monoisotopic (exact) mass is 383 g/mol. The molecule has 1 saturated heterocycles. The number of thiophene rings is 1. The van der Waals surface area contributed by atoms with E-state index in [4.69, 9.17) is 11.6 Å². The Morgan fingerprint density at radius 3 is 2.52 bits per heavy atom. The second-order valence-corrected chi connectivity index (χ2v) is 8.04. The van der Waals surface area contributed by atoms with Gasteiger partial charge >= 0.3 is 17.8 Å². The molecule has 1 aromatic heterocycles. The van der Waals surface area contributed by atoms with Gasteiger partial charge < -0.3 is 4.90 Å². The quantitative estimate of drug-likeness (QED) is 0.576. The number of hydrogen-bond donors (Lipinski definition) is 0. The van der Waals surface area contributed by atoms with Crippen LogP contribution in [0.1, 0.15) is 30.6 Å². The highest BCUT2D eigenvalue weighted by Gasteiger charge is 2.48. The number of nitrogens with zero attached hydrogens (tertiary/aromatic N) is 3. The molecule has 134 valence electrons. The van der Waals surface area contributed by atoms with Crippen LogP contribution in [0.4, 0.5) is 4.79 Å². The number of carbonyl (C=O) groups excluding carboxylic acids is 4. The van der Waals surface area contributed by atoms with Crippen molar-refractivity contribution < 1.29 is 19.2 Å². The van der Waals surface area contributed by atoms with Crippen molar-refractivity contribution in [2.45, 2.75) is 38.3 Å². The molecule has 5 amide bonds. The summed E-state index contributed by atoms with van der Waals surface area (Å²) in [6.45, 7) is -0.102. The van der Waals surface area contributed by atoms with Crippen LogP contribution >= 0.6 is 22.9 Å². The fourth-order valence-corrected chi connectivity index (χ4v) is 4.30. The highest BCUT2D eigenvalue weighted by Crippen LogP contribution is 2.28. The summed E-state index contributed by atoms with van der Waals surface area (Å²) in [6, 6.07) is 2.65. The van der Waals surface area contributed by atoms with Gasteiger partial charge in [-0.3, -0.25) is 19.3 Å². The first-order chi connectivity index (χ1) is 11.9. The van der Waals surface area contributed by atoms with E-state index in [1.54, 1.807) is 13.1 Å². The van der Waals surface area contributed by atoms with E-state index >= 15 is 0 Å². The number of imide groups is 2. The lowest BCUT2D eigenvalue weighted by atomic mass is 10.2. The third kappa shape index (κ3) is 3.55. The van der Waals surface area contributed by atoms with Gasteiger partial charge in [0, 0.05) is 18.0 Å². The van der Waals surface area contributed by atoms with Gasteiger partial charge in [-0.05, 0) is 25.0 Å². The molecule has 1 aliphatic carbocycles. The first-order valence-corrected chi connectivity index (χ1v) is 9.25. The van der Waals surface area contributed by atoms with Gasteiger partial charge in [-0.25, -0.2) is 9.69 Å². The number of hydrogen-bond acceptors (Lipinski definition) is 5. The predicted octanol–water partition coefficient (Wildman–Crippen LogP) is 2.09. The van der Waals surface area contributed by atoms with Gasteiger partial charge in [0.05, 0.1) is 10.9 Å². The number of rotatable bonds is 5. The fraction of sp³-hybridized carbons (Fsp3) is 0.500. The van der Waals surface area contributed by atoms with Crippen molar-refractivity contribution in [3.05, 3.63) is 21.3 Å². The van der Waals surface area contributed by atoms with Crippen LogP contribution in [-0.2, 0) is 20.9 Å². The molecule has 0 bridgehead atoms. The van der Waals surface area contributed by atoms with Crippen molar-refractivity contribution in [1.82, 2.24) is 14.7 Å². The average molecular weight is 384 g/mol. The minimum atomic E-state index is -0.919. The van der Waals surface area contributed by atoms with Crippen LogP contribution < -0.4 is 0 Å². The lowest BCUT2D eigenvalue weighted by Gasteiger charge is -2.22. The predicted molar refractivity (Wildman–Crippen MR) is 92.0 cm³/mol. The standard InChI is InChI=1S/C16H18ClN3O4S/c1-18(8-11-6-7-12(17)25-11)13(21)9-19-14(22)15(23)20(16(19)24)10-4-2-3-5-10/h6-7,10H,2-5,8-9H2,1H3. The summed E-state index contributed by atoms with van der Waals surface area (Å²) in [5.41, 5.74) is 0. The Kier molecular flexibility index (Phi) is 5.10. The van der Waals surface area contributed by atoms with Crippen molar-refractivity contribution >= 4 is 46.7 Å². The minimum Gasteiger partial charge on any atom is -0.339 e. The third-order valence-electron chi connectivity index (χ3n) is 4.51. The topological polar surface area (TPSA) is 78.0 Å². The number of urea groups is 1. The van der Waals surface area contributed by atoms with Crippen LogP contribution in [0.2, 0.25) is 4.34 Å². The third-order valence-corrected chi connectivity index (χ3v) is 5.73. The van der Waals surface area contributed by atoms with Gasteiger partial charge in [-0.15, -0.1) is 11.3 Å². The number of halogens is 1. The Morgan fingerprint density at radius 1 is 1.24 bits per heavy atom. The molecule has 0 radical (unpaired) electrons. The van der Waals surface area contributed by atoms with Crippen LogP contribution in [0.25, 0.3) is 0 Å². The van der Waals surface area contributed by atoms with E-state index in [1.165, 1.54) is 16.2 Å². The van der Waals surface area contributed by atoms with E-state index in [0.717, 1.165) is 27.5 Å².